The van der Waals surface area contributed by atoms with Crippen LogP contribution in [0, 0.1) is 0 Å². The van der Waals surface area contributed by atoms with Crippen LogP contribution in [0.1, 0.15) is 25.6 Å². The molecule has 1 heterocycles. The van der Waals surface area contributed by atoms with Crippen molar-refractivity contribution in [3.63, 3.8) is 0 Å². The number of halogens is 3. The lowest BCUT2D eigenvalue weighted by Gasteiger charge is -2.21. The highest BCUT2D eigenvalue weighted by atomic mass is 32.1. The molecule has 1 aromatic rings. The Bertz CT molecular complexity index is 335. The average molecular weight is 253 g/mol. The van der Waals surface area contributed by atoms with Gasteiger partial charge in [-0.25, -0.2) is 4.98 Å². The Morgan fingerprint density at radius 3 is 2.56 bits per heavy atom. The number of anilines is 1. The Balaban J connectivity index is 2.79. The van der Waals surface area contributed by atoms with Gasteiger partial charge in [0, 0.05) is 18.0 Å². The van der Waals surface area contributed by atoms with Gasteiger partial charge in [0.05, 0.1) is 5.69 Å². The lowest BCUT2D eigenvalue weighted by molar-refractivity contribution is -0.119. The van der Waals surface area contributed by atoms with Crippen molar-refractivity contribution >= 4 is 16.5 Å². The van der Waals surface area contributed by atoms with Gasteiger partial charge < -0.3 is 10.6 Å². The Kier molecular flexibility index (Phi) is 4.15. The molecule has 0 amide bonds. The standard InChI is InChI=1S/C9H14F3N3S/c1-3-15(5-9(10,11)12)8-14-7(4-16-8)6(2)13/h4,6H,3,5,13H2,1-2H3. The van der Waals surface area contributed by atoms with Crippen LogP contribution in [0.15, 0.2) is 5.38 Å². The lowest BCUT2D eigenvalue weighted by atomic mass is 10.3. The summed E-state index contributed by atoms with van der Waals surface area (Å²) < 4.78 is 36.8. The molecular weight excluding hydrogens is 239 g/mol. The summed E-state index contributed by atoms with van der Waals surface area (Å²) in [4.78, 5) is 5.28. The van der Waals surface area contributed by atoms with Crippen molar-refractivity contribution in [2.45, 2.75) is 26.1 Å². The molecule has 1 rings (SSSR count). The summed E-state index contributed by atoms with van der Waals surface area (Å²) in [6.07, 6.45) is -4.21. The van der Waals surface area contributed by atoms with Gasteiger partial charge in [-0.3, -0.25) is 0 Å². The van der Waals surface area contributed by atoms with Crippen LogP contribution in [-0.4, -0.2) is 24.2 Å². The van der Waals surface area contributed by atoms with Crippen molar-refractivity contribution in [3.05, 3.63) is 11.1 Å². The molecule has 0 aliphatic heterocycles. The van der Waals surface area contributed by atoms with Crippen LogP contribution >= 0.6 is 11.3 Å². The maximum Gasteiger partial charge on any atom is 0.406 e. The molecule has 0 spiro atoms. The summed E-state index contributed by atoms with van der Waals surface area (Å²) in [5.74, 6) is 0. The number of nitrogens with two attached hydrogens (primary N) is 1. The van der Waals surface area contributed by atoms with Crippen LogP contribution in [0.25, 0.3) is 0 Å². The molecule has 0 saturated heterocycles. The Morgan fingerprint density at radius 2 is 2.19 bits per heavy atom. The molecule has 0 fully saturated rings. The molecule has 1 atom stereocenters. The van der Waals surface area contributed by atoms with E-state index in [9.17, 15) is 13.2 Å². The third kappa shape index (κ3) is 3.64. The number of nitrogens with zero attached hydrogens (tertiary/aromatic N) is 2. The number of thiazole rings is 1. The van der Waals surface area contributed by atoms with Crippen LogP contribution in [0.5, 0.6) is 0 Å². The molecule has 0 radical (unpaired) electrons. The van der Waals surface area contributed by atoms with E-state index in [0.29, 0.717) is 10.8 Å². The molecular formula is C9H14F3N3S. The van der Waals surface area contributed by atoms with E-state index >= 15 is 0 Å². The van der Waals surface area contributed by atoms with Gasteiger partial charge in [0.25, 0.3) is 0 Å². The van der Waals surface area contributed by atoms with Gasteiger partial charge in [-0.2, -0.15) is 13.2 Å². The van der Waals surface area contributed by atoms with Gasteiger partial charge in [0.2, 0.25) is 0 Å². The lowest BCUT2D eigenvalue weighted by Crippen LogP contribution is -2.34. The highest BCUT2D eigenvalue weighted by Gasteiger charge is 2.31. The summed E-state index contributed by atoms with van der Waals surface area (Å²) in [5, 5.41) is 2.06. The summed E-state index contributed by atoms with van der Waals surface area (Å²) in [6, 6.07) is -0.255. The van der Waals surface area contributed by atoms with E-state index in [-0.39, 0.29) is 12.6 Å². The van der Waals surface area contributed by atoms with Gasteiger partial charge in [0.15, 0.2) is 5.13 Å². The number of alkyl halides is 3. The SMILES string of the molecule is CCN(CC(F)(F)F)c1nc(C(C)N)cs1. The zero-order valence-electron chi connectivity index (χ0n) is 9.08. The van der Waals surface area contributed by atoms with Gasteiger partial charge in [-0.05, 0) is 13.8 Å². The van der Waals surface area contributed by atoms with E-state index < -0.39 is 12.7 Å². The molecule has 0 aliphatic carbocycles. The monoisotopic (exact) mass is 253 g/mol. The molecule has 7 heteroatoms. The maximum atomic E-state index is 12.3. The molecule has 3 nitrogen and oxygen atoms in total. The van der Waals surface area contributed by atoms with Crippen molar-refractivity contribution in [2.24, 2.45) is 5.73 Å². The fourth-order valence-electron chi connectivity index (χ4n) is 1.16. The highest BCUT2D eigenvalue weighted by Crippen LogP contribution is 2.26. The number of rotatable bonds is 4. The van der Waals surface area contributed by atoms with Gasteiger partial charge in [-0.1, -0.05) is 0 Å². The largest absolute Gasteiger partial charge is 0.406 e. The smallest absolute Gasteiger partial charge is 0.339 e. The van der Waals surface area contributed by atoms with E-state index in [1.807, 2.05) is 0 Å². The van der Waals surface area contributed by atoms with Gasteiger partial charge in [-0.15, -0.1) is 11.3 Å². The van der Waals surface area contributed by atoms with Gasteiger partial charge >= 0.3 is 6.18 Å². The van der Waals surface area contributed by atoms with Crippen molar-refractivity contribution in [3.8, 4) is 0 Å². The van der Waals surface area contributed by atoms with Crippen molar-refractivity contribution in [1.82, 2.24) is 4.98 Å². The third-order valence-corrected chi connectivity index (χ3v) is 2.92. The predicted molar refractivity (Wildman–Crippen MR) is 58.7 cm³/mol. The maximum absolute atomic E-state index is 12.3. The minimum absolute atomic E-state index is 0.255. The Hall–Kier alpha value is -0.820. The fourth-order valence-corrected chi connectivity index (χ4v) is 2.16. The minimum Gasteiger partial charge on any atom is -0.339 e. The predicted octanol–water partition coefficient (Wildman–Crippen LogP) is 2.55. The van der Waals surface area contributed by atoms with E-state index in [4.69, 9.17) is 5.73 Å². The van der Waals surface area contributed by atoms with Crippen molar-refractivity contribution in [1.29, 1.82) is 0 Å². The summed E-state index contributed by atoms with van der Waals surface area (Å²) in [7, 11) is 0. The Labute approximate surface area is 96.1 Å². The molecule has 0 bridgehead atoms. The normalized spacial score (nSPS) is 13.9. The molecule has 0 saturated carbocycles. The summed E-state index contributed by atoms with van der Waals surface area (Å²) in [6.45, 7) is 2.71. The second kappa shape index (κ2) is 5.01. The van der Waals surface area contributed by atoms with Crippen LogP contribution < -0.4 is 10.6 Å². The zero-order chi connectivity index (χ0) is 12.3. The molecule has 1 aromatic heterocycles. The first kappa shape index (κ1) is 13.2. The second-order valence-electron chi connectivity index (χ2n) is 3.47. The van der Waals surface area contributed by atoms with Gasteiger partial charge in [0.1, 0.15) is 6.54 Å². The molecule has 0 aliphatic rings. The second-order valence-corrected chi connectivity index (χ2v) is 4.31. The van der Waals surface area contributed by atoms with Crippen LogP contribution in [0.2, 0.25) is 0 Å². The minimum atomic E-state index is -4.21. The number of hydrogen-bond donors (Lipinski definition) is 1. The van der Waals surface area contributed by atoms with E-state index in [2.05, 4.69) is 4.98 Å². The van der Waals surface area contributed by atoms with Crippen molar-refractivity contribution < 1.29 is 13.2 Å². The van der Waals surface area contributed by atoms with E-state index in [1.54, 1.807) is 19.2 Å². The van der Waals surface area contributed by atoms with Crippen LogP contribution in [0.4, 0.5) is 18.3 Å². The van der Waals surface area contributed by atoms with Crippen molar-refractivity contribution in [2.75, 3.05) is 18.0 Å². The number of hydrogen-bond acceptors (Lipinski definition) is 4. The summed E-state index contributed by atoms with van der Waals surface area (Å²) in [5.41, 5.74) is 6.22. The van der Waals surface area contributed by atoms with Crippen LogP contribution in [-0.2, 0) is 0 Å². The zero-order valence-corrected chi connectivity index (χ0v) is 9.90. The topological polar surface area (TPSA) is 42.2 Å². The first-order chi connectivity index (χ1) is 7.33. The fraction of sp³-hybridized carbons (Fsp3) is 0.667. The first-order valence-corrected chi connectivity index (χ1v) is 5.74. The average Bonchev–Trinajstić information content (AvgIpc) is 2.61. The quantitative estimate of drug-likeness (QED) is 0.896. The first-order valence-electron chi connectivity index (χ1n) is 4.86. The van der Waals surface area contributed by atoms with E-state index in [0.717, 1.165) is 0 Å². The van der Waals surface area contributed by atoms with Crippen LogP contribution in [0.3, 0.4) is 0 Å². The third-order valence-electron chi connectivity index (χ3n) is 2.00. The molecule has 92 valence electrons. The number of aromatic nitrogens is 1. The Morgan fingerprint density at radius 1 is 1.56 bits per heavy atom. The molecule has 1 unspecified atom stereocenters. The molecule has 0 aromatic carbocycles. The molecule has 2 N–H and O–H groups in total. The highest BCUT2D eigenvalue weighted by molar-refractivity contribution is 7.13. The van der Waals surface area contributed by atoms with E-state index in [1.165, 1.54) is 16.2 Å². The summed E-state index contributed by atoms with van der Waals surface area (Å²) >= 11 is 1.19. The molecule has 16 heavy (non-hydrogen) atoms.